The molecule has 0 N–H and O–H groups in total. The van der Waals surface area contributed by atoms with Crippen molar-refractivity contribution in [2.75, 3.05) is 38.2 Å². The maximum absolute atomic E-state index is 6.43. The van der Waals surface area contributed by atoms with E-state index in [4.69, 9.17) is 29.3 Å². The van der Waals surface area contributed by atoms with Crippen molar-refractivity contribution in [1.29, 1.82) is 0 Å². The first kappa shape index (κ1) is 42.6. The van der Waals surface area contributed by atoms with Crippen molar-refractivity contribution in [1.82, 2.24) is 29.4 Å². The molecule has 4 aromatic heterocycles. The minimum Gasteiger partial charge on any atom is -0.361 e. The van der Waals surface area contributed by atoms with Crippen LogP contribution in [-0.4, -0.2) is 86.9 Å². The Morgan fingerprint density at radius 1 is 0.821 bits per heavy atom. The second-order valence-electron chi connectivity index (χ2n) is 18.9. The number of hydrogen-bond acceptors (Lipinski definition) is 8. The summed E-state index contributed by atoms with van der Waals surface area (Å²) in [7, 11) is -3.68. The smallest absolute Gasteiger partial charge is 0.165 e. The van der Waals surface area contributed by atoms with E-state index in [2.05, 4.69) is 115 Å². The standard InChI is InChI=1S/C42H62BrN7O3Si3/c1-54(2,3)21-18-51-29-48(30-52-19-22-55(4,5)6)42-39(43)40(47-41-37(27-46-50(41)42)35-24-34-12-10-11-13-38(34)44-25-35)33-16-14-32(15-17-33)36-26-45-49(28-36)31-53-20-23-56(7,8)9/h10-13,16,24-28,32H,14-15,17-23,29-31H2,1-9H3. The zero-order chi connectivity index (χ0) is 40.1. The molecule has 4 heterocycles. The highest BCUT2D eigenvalue weighted by Gasteiger charge is 2.27. The lowest BCUT2D eigenvalue weighted by Crippen LogP contribution is -2.33. The molecule has 14 heteroatoms. The Morgan fingerprint density at radius 2 is 1.48 bits per heavy atom. The minimum absolute atomic E-state index is 0.383. The van der Waals surface area contributed by atoms with Gasteiger partial charge in [0.25, 0.3) is 0 Å². The SMILES string of the molecule is C[Si](C)(C)CCOCN(COCC[Si](C)(C)C)c1c(Br)c(C2=CCC(c3cnn(COCC[Si](C)(C)C)c3)CC2)nc2c(-c3cnc4ccccc4c3)cnn12. The quantitative estimate of drug-likeness (QED) is 0.0460. The number of hydrogen-bond donors (Lipinski definition) is 0. The Kier molecular flexibility index (Phi) is 13.9. The van der Waals surface area contributed by atoms with E-state index < -0.39 is 24.2 Å². The molecule has 10 nitrogen and oxygen atoms in total. The van der Waals surface area contributed by atoms with Gasteiger partial charge in [-0.2, -0.15) is 14.7 Å². The van der Waals surface area contributed by atoms with Gasteiger partial charge < -0.3 is 19.1 Å². The summed E-state index contributed by atoms with van der Waals surface area (Å²) in [5, 5.41) is 10.7. The molecule has 0 bridgehead atoms. The number of halogens is 1. The van der Waals surface area contributed by atoms with E-state index >= 15 is 0 Å². The zero-order valence-electron chi connectivity index (χ0n) is 35.1. The number of aromatic nitrogens is 6. The van der Waals surface area contributed by atoms with Crippen LogP contribution in [-0.2, 0) is 20.9 Å². The van der Waals surface area contributed by atoms with E-state index in [0.29, 0.717) is 39.3 Å². The fourth-order valence-corrected chi connectivity index (χ4v) is 9.71. The van der Waals surface area contributed by atoms with Crippen molar-refractivity contribution in [2.24, 2.45) is 0 Å². The van der Waals surface area contributed by atoms with Crippen LogP contribution >= 0.6 is 15.9 Å². The van der Waals surface area contributed by atoms with E-state index in [9.17, 15) is 0 Å². The molecule has 56 heavy (non-hydrogen) atoms. The fourth-order valence-electron chi connectivity index (χ4n) is 6.68. The lowest BCUT2D eigenvalue weighted by Gasteiger charge is -2.28. The van der Waals surface area contributed by atoms with Crippen LogP contribution in [0.3, 0.4) is 0 Å². The molecule has 0 radical (unpaired) electrons. The number of pyridine rings is 1. The largest absolute Gasteiger partial charge is 0.361 e. The van der Waals surface area contributed by atoms with Crippen LogP contribution in [0.2, 0.25) is 77.1 Å². The molecule has 0 aliphatic heterocycles. The van der Waals surface area contributed by atoms with Gasteiger partial charge in [0, 0.05) is 72.9 Å². The van der Waals surface area contributed by atoms with E-state index in [1.54, 1.807) is 0 Å². The number of ether oxygens (including phenoxy) is 3. The predicted molar refractivity (Wildman–Crippen MR) is 243 cm³/mol. The molecular weight excluding hydrogens is 815 g/mol. The van der Waals surface area contributed by atoms with Crippen molar-refractivity contribution in [2.45, 2.75) is 109 Å². The van der Waals surface area contributed by atoms with Crippen molar-refractivity contribution in [3.8, 4) is 11.1 Å². The number of para-hydroxylation sites is 1. The summed E-state index contributed by atoms with van der Waals surface area (Å²) in [5.41, 5.74) is 7.08. The molecule has 5 aromatic rings. The normalized spacial score (nSPS) is 15.5. The molecule has 0 spiro atoms. The fraction of sp³-hybridized carbons (Fsp3) is 0.524. The third kappa shape index (κ3) is 11.6. The van der Waals surface area contributed by atoms with Crippen molar-refractivity contribution >= 4 is 68.1 Å². The number of allylic oxidation sites excluding steroid dienone is 2. The molecule has 1 aliphatic carbocycles. The molecule has 0 amide bonds. The molecule has 1 atom stereocenters. The summed E-state index contributed by atoms with van der Waals surface area (Å²) in [6, 6.07) is 13.7. The third-order valence-corrected chi connectivity index (χ3v) is 16.2. The summed E-state index contributed by atoms with van der Waals surface area (Å²) in [4.78, 5) is 12.4. The van der Waals surface area contributed by atoms with Gasteiger partial charge in [0.15, 0.2) is 11.5 Å². The van der Waals surface area contributed by atoms with Crippen molar-refractivity contribution in [3.05, 3.63) is 76.9 Å². The van der Waals surface area contributed by atoms with Crippen LogP contribution < -0.4 is 4.90 Å². The van der Waals surface area contributed by atoms with Crippen molar-refractivity contribution in [3.63, 3.8) is 0 Å². The lowest BCUT2D eigenvalue weighted by atomic mass is 9.85. The van der Waals surface area contributed by atoms with Gasteiger partial charge in [0.1, 0.15) is 20.2 Å². The van der Waals surface area contributed by atoms with Gasteiger partial charge in [-0.25, -0.2) is 9.67 Å². The van der Waals surface area contributed by atoms with Crippen LogP contribution in [0.5, 0.6) is 0 Å². The van der Waals surface area contributed by atoms with Crippen LogP contribution in [0.4, 0.5) is 5.82 Å². The Balaban J connectivity index is 1.33. The molecule has 0 saturated heterocycles. The van der Waals surface area contributed by atoms with E-state index in [1.807, 2.05) is 39.9 Å². The molecule has 1 aromatic carbocycles. The second kappa shape index (κ2) is 18.3. The van der Waals surface area contributed by atoms with Gasteiger partial charge in [-0.15, -0.1) is 0 Å². The summed E-state index contributed by atoms with van der Waals surface area (Å²) >= 11 is 4.08. The molecule has 0 fully saturated rings. The summed E-state index contributed by atoms with van der Waals surface area (Å²) in [6.45, 7) is 24.9. The highest BCUT2D eigenvalue weighted by molar-refractivity contribution is 9.10. The number of nitrogens with zero attached hydrogens (tertiary/aromatic N) is 7. The first-order valence-corrected chi connectivity index (χ1v) is 32.1. The molecule has 0 saturated carbocycles. The van der Waals surface area contributed by atoms with Crippen molar-refractivity contribution < 1.29 is 14.2 Å². The van der Waals surface area contributed by atoms with Gasteiger partial charge in [-0.05, 0) is 82.5 Å². The highest BCUT2D eigenvalue weighted by atomic mass is 79.9. The number of fused-ring (bicyclic) bond motifs is 2. The highest BCUT2D eigenvalue weighted by Crippen LogP contribution is 2.41. The second-order valence-corrected chi connectivity index (χ2v) is 36.6. The first-order chi connectivity index (χ1) is 26.5. The summed E-state index contributed by atoms with van der Waals surface area (Å²) < 4.78 is 23.6. The van der Waals surface area contributed by atoms with Gasteiger partial charge in [0.2, 0.25) is 0 Å². The summed E-state index contributed by atoms with van der Waals surface area (Å²) in [5.74, 6) is 1.27. The number of benzene rings is 1. The predicted octanol–water partition coefficient (Wildman–Crippen LogP) is 11.0. The molecule has 1 unspecified atom stereocenters. The van der Waals surface area contributed by atoms with Gasteiger partial charge in [0.05, 0.1) is 28.1 Å². The number of anilines is 1. The van der Waals surface area contributed by atoms with E-state index in [0.717, 1.165) is 87.7 Å². The maximum atomic E-state index is 6.43. The third-order valence-electron chi connectivity index (χ3n) is 10.3. The molecule has 302 valence electrons. The molecule has 1 aliphatic rings. The zero-order valence-corrected chi connectivity index (χ0v) is 39.7. The van der Waals surface area contributed by atoms with Gasteiger partial charge in [-0.3, -0.25) is 4.98 Å². The van der Waals surface area contributed by atoms with Crippen LogP contribution in [0.15, 0.2) is 65.7 Å². The van der Waals surface area contributed by atoms with Gasteiger partial charge in [-0.1, -0.05) is 83.2 Å². The summed E-state index contributed by atoms with van der Waals surface area (Å²) in [6.07, 6.45) is 13.2. The Morgan fingerprint density at radius 3 is 2.12 bits per heavy atom. The van der Waals surface area contributed by atoms with Crippen LogP contribution in [0, 0.1) is 0 Å². The number of rotatable bonds is 19. The Hall–Kier alpha value is -2.99. The lowest BCUT2D eigenvalue weighted by molar-refractivity contribution is 0.0785. The first-order valence-electron chi connectivity index (χ1n) is 20.2. The van der Waals surface area contributed by atoms with Crippen LogP contribution in [0.1, 0.15) is 36.4 Å². The maximum Gasteiger partial charge on any atom is 0.165 e. The van der Waals surface area contributed by atoms with Gasteiger partial charge >= 0.3 is 0 Å². The van der Waals surface area contributed by atoms with E-state index in [-0.39, 0.29) is 0 Å². The molecular formula is C42H62BrN7O3Si3. The Labute approximate surface area is 345 Å². The average molecular weight is 877 g/mol. The minimum atomic E-state index is -1.27. The molecule has 6 rings (SSSR count). The monoisotopic (exact) mass is 875 g/mol. The van der Waals surface area contributed by atoms with Crippen LogP contribution in [0.25, 0.3) is 33.3 Å². The average Bonchev–Trinajstić information content (AvgIpc) is 3.79. The Bertz CT molecular complexity index is 2090. The van der Waals surface area contributed by atoms with E-state index in [1.165, 1.54) is 11.1 Å². The topological polar surface area (TPSA) is 91.8 Å².